The van der Waals surface area contributed by atoms with Crippen LogP contribution in [0.25, 0.3) is 0 Å². The molecule has 0 amide bonds. The van der Waals surface area contributed by atoms with Crippen molar-refractivity contribution >= 4 is 5.97 Å². The van der Waals surface area contributed by atoms with Crippen LogP contribution in [0, 0.1) is 0 Å². The van der Waals surface area contributed by atoms with E-state index in [1.165, 1.54) is 20.0 Å². The van der Waals surface area contributed by atoms with Crippen LogP contribution >= 0.6 is 0 Å². The van der Waals surface area contributed by atoms with Crippen molar-refractivity contribution in [2.24, 2.45) is 0 Å². The van der Waals surface area contributed by atoms with E-state index in [0.717, 1.165) is 19.5 Å². The predicted molar refractivity (Wildman–Crippen MR) is 60.7 cm³/mol. The third-order valence-corrected chi connectivity index (χ3v) is 2.95. The molecule has 1 aliphatic heterocycles. The van der Waals surface area contributed by atoms with E-state index < -0.39 is 0 Å². The molecule has 1 aliphatic rings. The largest absolute Gasteiger partial charge is 0.469 e. The first kappa shape index (κ1) is 12.2. The van der Waals surface area contributed by atoms with Crippen LogP contribution in [0.3, 0.4) is 0 Å². The summed E-state index contributed by atoms with van der Waals surface area (Å²) in [5, 5.41) is 0. The highest BCUT2D eigenvalue weighted by Gasteiger charge is 2.23. The molecule has 0 bridgehead atoms. The average Bonchev–Trinajstić information content (AvgIpc) is 2.28. The van der Waals surface area contributed by atoms with Gasteiger partial charge in [0.1, 0.15) is 0 Å². The molecule has 1 unspecified atom stereocenters. The van der Waals surface area contributed by atoms with Crippen LogP contribution < -0.4 is 0 Å². The number of carbonyl (C=O) groups excluding carboxylic acids is 1. The number of likely N-dealkylation sites (tertiary alicyclic amines) is 1. The molecule has 0 aromatic rings. The van der Waals surface area contributed by atoms with Gasteiger partial charge < -0.3 is 4.74 Å². The topological polar surface area (TPSA) is 29.5 Å². The van der Waals surface area contributed by atoms with Gasteiger partial charge in [-0.15, -0.1) is 0 Å². The van der Waals surface area contributed by atoms with Gasteiger partial charge in [0.15, 0.2) is 0 Å². The first-order chi connectivity index (χ1) is 7.27. The lowest BCUT2D eigenvalue weighted by molar-refractivity contribution is -0.142. The summed E-state index contributed by atoms with van der Waals surface area (Å²) in [5.41, 5.74) is 0. The number of piperidine rings is 1. The number of ether oxygens (including phenoxy) is 1. The first-order valence-corrected chi connectivity index (χ1v) is 5.70. The standard InChI is InChI=1S/C12H21NO2/c1-3-4-8-13-9-6-5-7-11(13)10-12(14)15-2/h3-4,11H,5-10H2,1-2H3/b4-3+. The molecule has 1 heterocycles. The molecule has 0 saturated carbocycles. The minimum absolute atomic E-state index is 0.0904. The highest BCUT2D eigenvalue weighted by molar-refractivity contribution is 5.69. The summed E-state index contributed by atoms with van der Waals surface area (Å²) >= 11 is 0. The summed E-state index contributed by atoms with van der Waals surface area (Å²) in [6.07, 6.45) is 8.34. The van der Waals surface area contributed by atoms with Crippen molar-refractivity contribution in [2.75, 3.05) is 20.2 Å². The molecule has 3 heteroatoms. The normalized spacial score (nSPS) is 23.2. The number of allylic oxidation sites excluding steroid dienone is 1. The highest BCUT2D eigenvalue weighted by Crippen LogP contribution is 2.19. The van der Waals surface area contributed by atoms with Gasteiger partial charge in [-0.25, -0.2) is 0 Å². The van der Waals surface area contributed by atoms with E-state index in [4.69, 9.17) is 4.74 Å². The van der Waals surface area contributed by atoms with Gasteiger partial charge in [-0.1, -0.05) is 18.6 Å². The fourth-order valence-corrected chi connectivity index (χ4v) is 2.05. The average molecular weight is 211 g/mol. The molecule has 0 aromatic heterocycles. The molecule has 15 heavy (non-hydrogen) atoms. The summed E-state index contributed by atoms with van der Waals surface area (Å²) in [4.78, 5) is 13.6. The SMILES string of the molecule is C/C=C/CN1CCCCC1CC(=O)OC. The fourth-order valence-electron chi connectivity index (χ4n) is 2.05. The van der Waals surface area contributed by atoms with E-state index >= 15 is 0 Å². The zero-order valence-corrected chi connectivity index (χ0v) is 9.74. The van der Waals surface area contributed by atoms with Crippen LogP contribution in [-0.4, -0.2) is 37.1 Å². The van der Waals surface area contributed by atoms with Crippen molar-refractivity contribution in [1.82, 2.24) is 4.90 Å². The third kappa shape index (κ3) is 4.04. The Kier molecular flexibility index (Phi) is 5.40. The molecule has 86 valence electrons. The third-order valence-electron chi connectivity index (χ3n) is 2.95. The van der Waals surface area contributed by atoms with Gasteiger partial charge in [0.25, 0.3) is 0 Å². The lowest BCUT2D eigenvalue weighted by atomic mass is 9.99. The second-order valence-electron chi connectivity index (χ2n) is 3.99. The summed E-state index contributed by atoms with van der Waals surface area (Å²) in [5.74, 6) is -0.0904. The summed E-state index contributed by atoms with van der Waals surface area (Å²) in [6.45, 7) is 4.09. The molecule has 0 aliphatic carbocycles. The molecule has 1 fully saturated rings. The maximum absolute atomic E-state index is 11.2. The summed E-state index contributed by atoms with van der Waals surface area (Å²) < 4.78 is 4.72. The van der Waals surface area contributed by atoms with Gasteiger partial charge in [-0.3, -0.25) is 9.69 Å². The molecule has 3 nitrogen and oxygen atoms in total. The van der Waals surface area contributed by atoms with E-state index in [-0.39, 0.29) is 5.97 Å². The fraction of sp³-hybridized carbons (Fsp3) is 0.750. The van der Waals surface area contributed by atoms with Gasteiger partial charge in [-0.2, -0.15) is 0 Å². The van der Waals surface area contributed by atoms with Crippen LogP contribution in [-0.2, 0) is 9.53 Å². The molecule has 0 radical (unpaired) electrons. The molecule has 0 N–H and O–H groups in total. The zero-order chi connectivity index (χ0) is 11.1. The Balaban J connectivity index is 2.45. The molecular weight excluding hydrogens is 190 g/mol. The minimum atomic E-state index is -0.0904. The number of nitrogens with zero attached hydrogens (tertiary/aromatic N) is 1. The number of esters is 1. The Morgan fingerprint density at radius 3 is 3.00 bits per heavy atom. The maximum Gasteiger partial charge on any atom is 0.307 e. The van der Waals surface area contributed by atoms with Crippen molar-refractivity contribution in [1.29, 1.82) is 0 Å². The molecular formula is C12H21NO2. The van der Waals surface area contributed by atoms with Crippen molar-refractivity contribution in [3.63, 3.8) is 0 Å². The van der Waals surface area contributed by atoms with Gasteiger partial charge in [-0.05, 0) is 26.3 Å². The number of hydrogen-bond donors (Lipinski definition) is 0. The molecule has 0 aromatic carbocycles. The highest BCUT2D eigenvalue weighted by atomic mass is 16.5. The van der Waals surface area contributed by atoms with Crippen molar-refractivity contribution in [3.8, 4) is 0 Å². The van der Waals surface area contributed by atoms with Gasteiger partial charge >= 0.3 is 5.97 Å². The monoisotopic (exact) mass is 211 g/mol. The van der Waals surface area contributed by atoms with E-state index in [1.807, 2.05) is 6.92 Å². The smallest absolute Gasteiger partial charge is 0.307 e. The Morgan fingerprint density at radius 2 is 2.33 bits per heavy atom. The Hall–Kier alpha value is -0.830. The lowest BCUT2D eigenvalue weighted by Gasteiger charge is -2.34. The van der Waals surface area contributed by atoms with Crippen LogP contribution in [0.4, 0.5) is 0 Å². The lowest BCUT2D eigenvalue weighted by Crippen LogP contribution is -2.41. The van der Waals surface area contributed by atoms with E-state index in [1.54, 1.807) is 0 Å². The van der Waals surface area contributed by atoms with E-state index in [2.05, 4.69) is 17.1 Å². The number of rotatable bonds is 4. The van der Waals surface area contributed by atoms with Crippen LogP contribution in [0.5, 0.6) is 0 Å². The van der Waals surface area contributed by atoms with Gasteiger partial charge in [0, 0.05) is 12.6 Å². The number of carbonyl (C=O) groups is 1. The molecule has 1 atom stereocenters. The molecule has 1 rings (SSSR count). The van der Waals surface area contributed by atoms with Crippen molar-refractivity contribution in [2.45, 2.75) is 38.6 Å². The van der Waals surface area contributed by atoms with Crippen LogP contribution in [0.1, 0.15) is 32.6 Å². The number of hydrogen-bond acceptors (Lipinski definition) is 3. The predicted octanol–water partition coefficient (Wildman–Crippen LogP) is 1.98. The Morgan fingerprint density at radius 1 is 1.53 bits per heavy atom. The van der Waals surface area contributed by atoms with Gasteiger partial charge in [0.2, 0.25) is 0 Å². The maximum atomic E-state index is 11.2. The Bertz CT molecular complexity index is 226. The van der Waals surface area contributed by atoms with Crippen molar-refractivity contribution < 1.29 is 9.53 Å². The minimum Gasteiger partial charge on any atom is -0.469 e. The van der Waals surface area contributed by atoms with E-state index in [9.17, 15) is 4.79 Å². The number of methoxy groups -OCH3 is 1. The first-order valence-electron chi connectivity index (χ1n) is 5.70. The van der Waals surface area contributed by atoms with Crippen LogP contribution in [0.2, 0.25) is 0 Å². The summed E-state index contributed by atoms with van der Waals surface area (Å²) in [6, 6.07) is 0.377. The Labute approximate surface area is 92.1 Å². The second-order valence-corrected chi connectivity index (χ2v) is 3.99. The van der Waals surface area contributed by atoms with E-state index in [0.29, 0.717) is 12.5 Å². The zero-order valence-electron chi connectivity index (χ0n) is 9.74. The van der Waals surface area contributed by atoms with Crippen LogP contribution in [0.15, 0.2) is 12.2 Å². The van der Waals surface area contributed by atoms with Gasteiger partial charge in [0.05, 0.1) is 13.5 Å². The molecule has 1 saturated heterocycles. The quantitative estimate of drug-likeness (QED) is 0.526. The second kappa shape index (κ2) is 6.62. The summed E-state index contributed by atoms with van der Waals surface area (Å²) in [7, 11) is 1.46. The molecule has 0 spiro atoms. The van der Waals surface area contributed by atoms with Crippen molar-refractivity contribution in [3.05, 3.63) is 12.2 Å².